The number of nitrogens with zero attached hydrogens (tertiary/aromatic N) is 9. The molecule has 2 N–H and O–H groups in total. The van der Waals surface area contributed by atoms with E-state index in [1.807, 2.05) is 29.2 Å². The number of rotatable bonds is 13. The summed E-state index contributed by atoms with van der Waals surface area (Å²) in [5, 5.41) is 11.2. The molecular weight excluding hydrogens is 827 g/mol. The number of nitrogens with one attached hydrogen (secondary N) is 2. The van der Waals surface area contributed by atoms with E-state index < -0.39 is 11.9 Å². The average Bonchev–Trinajstić information content (AvgIpc) is 4.06. The van der Waals surface area contributed by atoms with Crippen LogP contribution in [0, 0.1) is 0 Å². The van der Waals surface area contributed by atoms with Crippen molar-refractivity contribution in [3.63, 3.8) is 0 Å². The van der Waals surface area contributed by atoms with Gasteiger partial charge in [0.05, 0.1) is 30.9 Å². The van der Waals surface area contributed by atoms with Crippen LogP contribution in [0.1, 0.15) is 72.1 Å². The van der Waals surface area contributed by atoms with Crippen LogP contribution in [0.4, 0.5) is 5.69 Å². The molecule has 0 spiro atoms. The Labute approximate surface area is 376 Å². The summed E-state index contributed by atoms with van der Waals surface area (Å²) in [6, 6.07) is 18.0. The van der Waals surface area contributed by atoms with Gasteiger partial charge in [-0.2, -0.15) is 0 Å². The summed E-state index contributed by atoms with van der Waals surface area (Å²) in [6.45, 7) is 6.36. The molecule has 0 bridgehead atoms. The third-order valence-corrected chi connectivity index (χ3v) is 13.5. The number of benzene rings is 3. The maximum Gasteiger partial charge on any atom is 0.329 e. The van der Waals surface area contributed by atoms with Crippen LogP contribution in [0.2, 0.25) is 0 Å². The third kappa shape index (κ3) is 8.88. The molecule has 4 amide bonds. The number of carbonyl (C=O) groups excluding carboxylic acids is 4. The maximum absolute atomic E-state index is 13.4. The molecule has 3 aliphatic rings. The van der Waals surface area contributed by atoms with E-state index in [-0.39, 0.29) is 35.8 Å². The van der Waals surface area contributed by atoms with Gasteiger partial charge in [0.2, 0.25) is 17.7 Å². The minimum absolute atomic E-state index is 0.106. The van der Waals surface area contributed by atoms with Crippen molar-refractivity contribution in [2.24, 2.45) is 7.05 Å². The smallest absolute Gasteiger partial charge is 0.329 e. The number of hydrogen-bond donors (Lipinski definition) is 2. The van der Waals surface area contributed by atoms with Gasteiger partial charge in [0, 0.05) is 114 Å². The lowest BCUT2D eigenvalue weighted by atomic mass is 9.87. The van der Waals surface area contributed by atoms with Crippen LogP contribution in [-0.2, 0) is 34.4 Å². The van der Waals surface area contributed by atoms with Gasteiger partial charge in [0.25, 0.3) is 5.91 Å². The summed E-state index contributed by atoms with van der Waals surface area (Å²) < 4.78 is 10.9. The molecule has 9 rings (SSSR count). The minimum Gasteiger partial charge on any atom is -0.496 e. The normalized spacial score (nSPS) is 18.4. The van der Waals surface area contributed by atoms with E-state index in [9.17, 15) is 24.0 Å². The Hall–Kier alpha value is -6.75. The Morgan fingerprint density at radius 2 is 1.74 bits per heavy atom. The number of aryl methyl sites for hydroxylation is 3. The molecule has 340 valence electrons. The molecule has 6 aromatic rings. The molecule has 3 fully saturated rings. The Balaban J connectivity index is 0.871. The zero-order chi connectivity index (χ0) is 45.4. The zero-order valence-corrected chi connectivity index (χ0v) is 37.6. The Morgan fingerprint density at radius 1 is 0.908 bits per heavy atom. The molecule has 3 aromatic heterocycles. The topological polar surface area (TPSA) is 176 Å². The highest BCUT2D eigenvalue weighted by molar-refractivity contribution is 6.04. The van der Waals surface area contributed by atoms with E-state index in [1.165, 1.54) is 4.57 Å². The number of amides is 4. The lowest BCUT2D eigenvalue weighted by Gasteiger charge is -2.36. The van der Waals surface area contributed by atoms with Gasteiger partial charge in [-0.05, 0) is 97.8 Å². The quantitative estimate of drug-likeness (QED) is 0.159. The SMILES string of the molecule is COc1cc(N2CCN(CCCc3ccc4c(c3)n(C)c(=O)n4C3CCC(=O)NC3=O)CC2)ccc1-c1cc(C2CCCN(C(=O)CCn3ccnn3)C2)cc2[nH]c(C(=O)N(C)C)cc12. The lowest BCUT2D eigenvalue weighted by molar-refractivity contribution is -0.136. The predicted octanol–water partition coefficient (Wildman–Crippen LogP) is 4.32. The zero-order valence-electron chi connectivity index (χ0n) is 37.6. The Kier molecular flexibility index (Phi) is 12.3. The largest absolute Gasteiger partial charge is 0.496 e. The first kappa shape index (κ1) is 43.5. The molecule has 2 unspecified atom stereocenters. The number of aromatic amines is 1. The van der Waals surface area contributed by atoms with Gasteiger partial charge in [-0.3, -0.25) is 43.2 Å². The minimum atomic E-state index is -0.698. The highest BCUT2D eigenvalue weighted by Gasteiger charge is 2.32. The van der Waals surface area contributed by atoms with Crippen LogP contribution in [0.15, 0.2) is 71.8 Å². The van der Waals surface area contributed by atoms with Crippen molar-refractivity contribution in [1.82, 2.24) is 49.1 Å². The van der Waals surface area contributed by atoms with Gasteiger partial charge < -0.3 is 24.4 Å². The first-order valence-corrected chi connectivity index (χ1v) is 22.6. The second-order valence-electron chi connectivity index (χ2n) is 17.8. The molecule has 65 heavy (non-hydrogen) atoms. The number of imidazole rings is 1. The van der Waals surface area contributed by atoms with Crippen LogP contribution in [0.25, 0.3) is 33.1 Å². The molecule has 0 saturated carbocycles. The van der Waals surface area contributed by atoms with Gasteiger partial charge in [-0.25, -0.2) is 4.79 Å². The fourth-order valence-corrected chi connectivity index (χ4v) is 9.90. The number of piperazine rings is 1. The molecule has 17 heteroatoms. The summed E-state index contributed by atoms with van der Waals surface area (Å²) in [5.74, 6) is 0.139. The van der Waals surface area contributed by atoms with Crippen molar-refractivity contribution >= 4 is 51.3 Å². The number of aromatic nitrogens is 6. The second kappa shape index (κ2) is 18.4. The Morgan fingerprint density at radius 3 is 2.49 bits per heavy atom. The number of H-pyrrole nitrogens is 1. The summed E-state index contributed by atoms with van der Waals surface area (Å²) in [6.07, 6.45) is 7.94. The number of likely N-dealkylation sites (tertiary alicyclic amines) is 1. The molecule has 3 aromatic carbocycles. The van der Waals surface area contributed by atoms with Crippen molar-refractivity contribution in [1.29, 1.82) is 0 Å². The highest BCUT2D eigenvalue weighted by Crippen LogP contribution is 2.41. The van der Waals surface area contributed by atoms with Crippen molar-refractivity contribution in [3.8, 4) is 16.9 Å². The highest BCUT2D eigenvalue weighted by atomic mass is 16.5. The van der Waals surface area contributed by atoms with Crippen molar-refractivity contribution in [2.75, 3.05) is 71.9 Å². The second-order valence-corrected chi connectivity index (χ2v) is 17.8. The van der Waals surface area contributed by atoms with E-state index in [4.69, 9.17) is 4.74 Å². The molecule has 0 aliphatic carbocycles. The third-order valence-electron chi connectivity index (χ3n) is 13.5. The molecule has 3 saturated heterocycles. The first-order chi connectivity index (χ1) is 31.4. The number of anilines is 1. The van der Waals surface area contributed by atoms with E-state index in [0.717, 1.165) is 115 Å². The van der Waals surface area contributed by atoms with E-state index >= 15 is 0 Å². The van der Waals surface area contributed by atoms with Gasteiger partial charge in [-0.15, -0.1) is 5.10 Å². The number of carbonyl (C=O) groups is 4. The molecule has 17 nitrogen and oxygen atoms in total. The average molecular weight is 884 g/mol. The number of ether oxygens (including phenoxy) is 1. The summed E-state index contributed by atoms with van der Waals surface area (Å²) in [7, 11) is 6.93. The molecule has 2 atom stereocenters. The van der Waals surface area contributed by atoms with Crippen LogP contribution >= 0.6 is 0 Å². The maximum atomic E-state index is 13.4. The molecule has 3 aliphatic heterocycles. The Bertz CT molecular complexity index is 2810. The van der Waals surface area contributed by atoms with Crippen LogP contribution in [-0.4, -0.2) is 134 Å². The van der Waals surface area contributed by atoms with Crippen LogP contribution in [0.5, 0.6) is 5.75 Å². The van der Waals surface area contributed by atoms with Crippen LogP contribution < -0.4 is 20.6 Å². The van der Waals surface area contributed by atoms with Crippen LogP contribution in [0.3, 0.4) is 0 Å². The standard InChI is InChI=1S/C48H57N11O6/c1-53(2)47(63)39-29-37-36(26-33(27-38(37)50-39)32-8-6-18-57(30-32)45(61)15-19-58-20-16-49-52-58)35-11-10-34(28-43(35)65-4)56-23-21-55(22-24-56)17-5-7-31-9-12-40-42(25-31)54(3)48(64)59(40)41-13-14-44(60)51-46(41)62/h9-12,16,20,25-29,32,41,50H,5-8,13-15,17-19,21-24,30H2,1-4H3,(H,51,60,62). The number of methoxy groups -OCH3 is 1. The lowest BCUT2D eigenvalue weighted by Crippen LogP contribution is -2.46. The monoisotopic (exact) mass is 883 g/mol. The van der Waals surface area contributed by atoms with Crippen molar-refractivity contribution in [3.05, 3.63) is 94.3 Å². The molecular formula is C48H57N11O6. The summed E-state index contributed by atoms with van der Waals surface area (Å²) >= 11 is 0. The van der Waals surface area contributed by atoms with E-state index in [1.54, 1.807) is 54.8 Å². The summed E-state index contributed by atoms with van der Waals surface area (Å²) in [4.78, 5) is 76.0. The van der Waals surface area contributed by atoms with Gasteiger partial charge >= 0.3 is 5.69 Å². The number of hydrogen-bond acceptors (Lipinski definition) is 10. The molecule has 6 heterocycles. The van der Waals surface area contributed by atoms with Gasteiger partial charge in [0.1, 0.15) is 17.5 Å². The number of piperidine rings is 2. The van der Waals surface area contributed by atoms with Gasteiger partial charge in [0.15, 0.2) is 0 Å². The van der Waals surface area contributed by atoms with Gasteiger partial charge in [-0.1, -0.05) is 11.3 Å². The first-order valence-electron chi connectivity index (χ1n) is 22.6. The fourth-order valence-electron chi connectivity index (χ4n) is 9.90. The summed E-state index contributed by atoms with van der Waals surface area (Å²) in [5.41, 5.74) is 7.85. The molecule has 0 radical (unpaired) electrons. The van der Waals surface area contributed by atoms with Crippen molar-refractivity contribution < 1.29 is 23.9 Å². The van der Waals surface area contributed by atoms with E-state index in [0.29, 0.717) is 37.1 Å². The number of fused-ring (bicyclic) bond motifs is 2. The fraction of sp³-hybridized carbons (Fsp3) is 0.438. The van der Waals surface area contributed by atoms with Crippen molar-refractivity contribution in [2.45, 2.75) is 63.5 Å². The van der Waals surface area contributed by atoms with E-state index in [2.05, 4.69) is 60.7 Å². The number of imide groups is 1. The predicted molar refractivity (Wildman–Crippen MR) is 247 cm³/mol.